The van der Waals surface area contributed by atoms with Gasteiger partial charge in [0.25, 0.3) is 0 Å². The molecule has 1 amide bonds. The third kappa shape index (κ3) is 3.09. The van der Waals surface area contributed by atoms with Crippen molar-refractivity contribution < 1.29 is 9.53 Å². The van der Waals surface area contributed by atoms with Gasteiger partial charge in [-0.1, -0.05) is 18.2 Å². The number of nitrogens with two attached hydrogens (primary N) is 1. The number of hydrogen-bond donors (Lipinski definition) is 2. The highest BCUT2D eigenvalue weighted by Gasteiger charge is 2.17. The molecule has 2 aromatic rings. The number of hydrogen-bond acceptors (Lipinski definition) is 4. The summed E-state index contributed by atoms with van der Waals surface area (Å²) in [7, 11) is 0. The molecule has 5 nitrogen and oxygen atoms in total. The fourth-order valence-corrected chi connectivity index (χ4v) is 2.35. The van der Waals surface area contributed by atoms with E-state index in [1.807, 2.05) is 30.3 Å². The van der Waals surface area contributed by atoms with Gasteiger partial charge in [-0.05, 0) is 24.3 Å². The van der Waals surface area contributed by atoms with Gasteiger partial charge in [0.2, 0.25) is 5.91 Å². The molecule has 1 aromatic carbocycles. The van der Waals surface area contributed by atoms with Gasteiger partial charge in [0.15, 0.2) is 0 Å². The van der Waals surface area contributed by atoms with E-state index >= 15 is 0 Å². The third-order valence-corrected chi connectivity index (χ3v) is 3.49. The van der Waals surface area contributed by atoms with Gasteiger partial charge in [0.05, 0.1) is 18.0 Å². The van der Waals surface area contributed by atoms with Gasteiger partial charge in [0, 0.05) is 24.2 Å². The summed E-state index contributed by atoms with van der Waals surface area (Å²) < 4.78 is 5.72. The van der Waals surface area contributed by atoms with Crippen LogP contribution in [0.4, 0.5) is 0 Å². The highest BCUT2D eigenvalue weighted by atomic mass is 16.5. The molecule has 1 fully saturated rings. The van der Waals surface area contributed by atoms with Gasteiger partial charge in [0.1, 0.15) is 6.10 Å². The quantitative estimate of drug-likeness (QED) is 0.895. The molecule has 1 aliphatic rings. The Morgan fingerprint density at radius 3 is 2.71 bits per heavy atom. The monoisotopic (exact) mass is 283 g/mol. The predicted molar refractivity (Wildman–Crippen MR) is 79.8 cm³/mol. The van der Waals surface area contributed by atoms with E-state index in [0.29, 0.717) is 12.2 Å². The largest absolute Gasteiger partial charge is 0.369 e. The minimum absolute atomic E-state index is 0.0106. The van der Waals surface area contributed by atoms with E-state index in [1.165, 1.54) is 0 Å². The number of carbonyl (C=O) groups excluding carboxylic acids is 1. The van der Waals surface area contributed by atoms with Crippen LogP contribution in [0.1, 0.15) is 22.2 Å². The van der Waals surface area contributed by atoms with Crippen LogP contribution >= 0.6 is 0 Å². The smallest absolute Gasteiger partial charge is 0.248 e. The lowest BCUT2D eigenvalue weighted by Crippen LogP contribution is -2.33. The number of benzene rings is 1. The Kier molecular flexibility index (Phi) is 3.94. The van der Waals surface area contributed by atoms with Crippen LogP contribution in [-0.4, -0.2) is 30.6 Å². The Bertz CT molecular complexity index is 634. The van der Waals surface area contributed by atoms with Crippen molar-refractivity contribution in [2.24, 2.45) is 5.73 Å². The number of ether oxygens (including phenoxy) is 1. The summed E-state index contributed by atoms with van der Waals surface area (Å²) >= 11 is 0. The summed E-state index contributed by atoms with van der Waals surface area (Å²) in [6, 6.07) is 13.0. The molecule has 21 heavy (non-hydrogen) atoms. The molecule has 0 aliphatic carbocycles. The molecule has 1 atom stereocenters. The zero-order valence-corrected chi connectivity index (χ0v) is 11.6. The first kappa shape index (κ1) is 13.7. The molecule has 1 unspecified atom stereocenters. The van der Waals surface area contributed by atoms with Crippen LogP contribution in [0.15, 0.2) is 42.5 Å². The second-order valence-corrected chi connectivity index (χ2v) is 4.95. The molecule has 0 bridgehead atoms. The van der Waals surface area contributed by atoms with Gasteiger partial charge in [-0.3, -0.25) is 9.78 Å². The van der Waals surface area contributed by atoms with Crippen LogP contribution in [0.2, 0.25) is 0 Å². The maximum Gasteiger partial charge on any atom is 0.248 e. The molecule has 1 aromatic heterocycles. The zero-order valence-electron chi connectivity index (χ0n) is 11.6. The number of pyridine rings is 1. The fraction of sp³-hybridized carbons (Fsp3) is 0.250. The van der Waals surface area contributed by atoms with Crippen molar-refractivity contribution in [3.63, 3.8) is 0 Å². The van der Waals surface area contributed by atoms with E-state index in [0.717, 1.165) is 30.0 Å². The van der Waals surface area contributed by atoms with Crippen molar-refractivity contribution in [3.8, 4) is 11.3 Å². The first-order chi connectivity index (χ1) is 10.2. The highest BCUT2D eigenvalue weighted by Crippen LogP contribution is 2.22. The van der Waals surface area contributed by atoms with Crippen LogP contribution in [0.5, 0.6) is 0 Å². The van der Waals surface area contributed by atoms with Crippen LogP contribution in [0.25, 0.3) is 11.3 Å². The Morgan fingerprint density at radius 1 is 1.24 bits per heavy atom. The topological polar surface area (TPSA) is 77.2 Å². The normalized spacial score (nSPS) is 18.4. The van der Waals surface area contributed by atoms with E-state index in [9.17, 15) is 4.79 Å². The van der Waals surface area contributed by atoms with Gasteiger partial charge in [-0.25, -0.2) is 0 Å². The summed E-state index contributed by atoms with van der Waals surface area (Å²) in [5.41, 5.74) is 8.47. The van der Waals surface area contributed by atoms with E-state index < -0.39 is 5.91 Å². The number of primary amides is 1. The average molecular weight is 283 g/mol. The van der Waals surface area contributed by atoms with E-state index in [-0.39, 0.29) is 6.10 Å². The van der Waals surface area contributed by atoms with Gasteiger partial charge in [-0.2, -0.15) is 0 Å². The lowest BCUT2D eigenvalue weighted by molar-refractivity contribution is 0.0251. The molecule has 5 heteroatoms. The second-order valence-electron chi connectivity index (χ2n) is 4.95. The Hall–Kier alpha value is -2.24. The first-order valence-corrected chi connectivity index (χ1v) is 6.93. The summed E-state index contributed by atoms with van der Waals surface area (Å²) in [5, 5.41) is 3.30. The number of aromatic nitrogens is 1. The van der Waals surface area contributed by atoms with Crippen molar-refractivity contribution in [3.05, 3.63) is 53.7 Å². The summed E-state index contributed by atoms with van der Waals surface area (Å²) in [6.45, 7) is 2.35. The molecular weight excluding hydrogens is 266 g/mol. The number of nitrogens with one attached hydrogen (secondary N) is 1. The molecule has 108 valence electrons. The Morgan fingerprint density at radius 2 is 2.05 bits per heavy atom. The number of amides is 1. The summed E-state index contributed by atoms with van der Waals surface area (Å²) in [5.74, 6) is -0.426. The zero-order chi connectivity index (χ0) is 14.7. The minimum atomic E-state index is -0.426. The molecule has 3 N–H and O–H groups in total. The second kappa shape index (κ2) is 6.03. The minimum Gasteiger partial charge on any atom is -0.369 e. The SMILES string of the molecule is NC(=O)c1ccc(-c2cccc(C3CNCCO3)n2)cc1. The summed E-state index contributed by atoms with van der Waals surface area (Å²) in [4.78, 5) is 15.8. The lowest BCUT2D eigenvalue weighted by Gasteiger charge is -2.23. The molecule has 3 rings (SSSR count). The van der Waals surface area contributed by atoms with Crippen molar-refractivity contribution in [1.82, 2.24) is 10.3 Å². The number of carbonyl (C=O) groups is 1. The first-order valence-electron chi connectivity index (χ1n) is 6.93. The van der Waals surface area contributed by atoms with Crippen LogP contribution < -0.4 is 11.1 Å². The van der Waals surface area contributed by atoms with Crippen LogP contribution in [-0.2, 0) is 4.74 Å². The van der Waals surface area contributed by atoms with Gasteiger partial charge in [-0.15, -0.1) is 0 Å². The Balaban J connectivity index is 1.86. The maximum absolute atomic E-state index is 11.1. The molecular formula is C16H17N3O2. The van der Waals surface area contributed by atoms with E-state index in [4.69, 9.17) is 10.5 Å². The Labute approximate surface area is 123 Å². The van der Waals surface area contributed by atoms with Crippen molar-refractivity contribution in [2.75, 3.05) is 19.7 Å². The molecule has 1 saturated heterocycles. The predicted octanol–water partition coefficient (Wildman–Crippen LogP) is 1.51. The molecule has 2 heterocycles. The average Bonchev–Trinajstić information content (AvgIpc) is 2.56. The number of morpholine rings is 1. The fourth-order valence-electron chi connectivity index (χ4n) is 2.35. The number of nitrogens with zero attached hydrogens (tertiary/aromatic N) is 1. The maximum atomic E-state index is 11.1. The van der Waals surface area contributed by atoms with Gasteiger partial charge >= 0.3 is 0 Å². The lowest BCUT2D eigenvalue weighted by atomic mass is 10.1. The van der Waals surface area contributed by atoms with E-state index in [1.54, 1.807) is 12.1 Å². The summed E-state index contributed by atoms with van der Waals surface area (Å²) in [6.07, 6.45) is -0.0106. The van der Waals surface area contributed by atoms with Gasteiger partial charge < -0.3 is 15.8 Å². The standard InChI is InChI=1S/C16H17N3O2/c17-16(20)12-6-4-11(5-7-12)13-2-1-3-14(19-13)15-10-18-8-9-21-15/h1-7,15,18H,8-10H2,(H2,17,20). The van der Waals surface area contributed by atoms with Crippen LogP contribution in [0.3, 0.4) is 0 Å². The van der Waals surface area contributed by atoms with Crippen molar-refractivity contribution >= 4 is 5.91 Å². The van der Waals surface area contributed by atoms with Crippen molar-refractivity contribution in [1.29, 1.82) is 0 Å². The highest BCUT2D eigenvalue weighted by molar-refractivity contribution is 5.93. The molecule has 0 spiro atoms. The van der Waals surface area contributed by atoms with Crippen LogP contribution in [0, 0.1) is 0 Å². The van der Waals surface area contributed by atoms with E-state index in [2.05, 4.69) is 10.3 Å². The third-order valence-electron chi connectivity index (χ3n) is 3.49. The molecule has 1 aliphatic heterocycles. The number of rotatable bonds is 3. The molecule has 0 saturated carbocycles. The van der Waals surface area contributed by atoms with Crippen molar-refractivity contribution in [2.45, 2.75) is 6.10 Å². The molecule has 0 radical (unpaired) electrons.